The highest BCUT2D eigenvalue weighted by Gasteiger charge is 2.36. The van der Waals surface area contributed by atoms with E-state index < -0.39 is 11.7 Å². The van der Waals surface area contributed by atoms with Crippen LogP contribution < -0.4 is 4.90 Å². The van der Waals surface area contributed by atoms with E-state index in [0.29, 0.717) is 12.1 Å². The van der Waals surface area contributed by atoms with Crippen molar-refractivity contribution in [3.05, 3.63) is 64.2 Å². The topological polar surface area (TPSA) is 37.4 Å². The first-order valence-corrected chi connectivity index (χ1v) is 7.01. The summed E-state index contributed by atoms with van der Waals surface area (Å²) in [4.78, 5) is 26.0. The van der Waals surface area contributed by atoms with Gasteiger partial charge in [-0.2, -0.15) is 0 Å². The van der Waals surface area contributed by atoms with Crippen LogP contribution in [0, 0.1) is 20.8 Å². The molecule has 0 unspecified atom stereocenters. The summed E-state index contributed by atoms with van der Waals surface area (Å²) in [5.74, 6) is -0.834. The Kier molecular flexibility index (Phi) is 3.13. The molecule has 1 aliphatic heterocycles. The maximum Gasteiger partial charge on any atom is 0.299 e. The van der Waals surface area contributed by atoms with Crippen LogP contribution in [0.3, 0.4) is 0 Å². The number of ketones is 1. The number of aryl methyl sites for hydroxylation is 3. The third-order valence-corrected chi connectivity index (χ3v) is 4.02. The van der Waals surface area contributed by atoms with Gasteiger partial charge in [-0.25, -0.2) is 0 Å². The van der Waals surface area contributed by atoms with Crippen LogP contribution >= 0.6 is 0 Å². The number of hydrogen-bond acceptors (Lipinski definition) is 2. The van der Waals surface area contributed by atoms with Crippen molar-refractivity contribution in [3.8, 4) is 0 Å². The number of Topliss-reactive ketones (excluding diaryl/α,β-unsaturated/α-hetero) is 1. The summed E-state index contributed by atoms with van der Waals surface area (Å²) < 4.78 is 0. The number of rotatable bonds is 2. The van der Waals surface area contributed by atoms with E-state index in [4.69, 9.17) is 0 Å². The minimum atomic E-state index is -0.430. The van der Waals surface area contributed by atoms with Gasteiger partial charge in [-0.3, -0.25) is 9.59 Å². The molecule has 1 amide bonds. The van der Waals surface area contributed by atoms with E-state index in [1.54, 1.807) is 11.0 Å². The maximum absolute atomic E-state index is 12.3. The Hall–Kier alpha value is -2.42. The Bertz CT molecular complexity index is 762. The van der Waals surface area contributed by atoms with E-state index in [1.165, 1.54) is 0 Å². The summed E-state index contributed by atoms with van der Waals surface area (Å²) >= 11 is 0. The lowest BCUT2D eigenvalue weighted by Crippen LogP contribution is -2.29. The largest absolute Gasteiger partial charge is 0.300 e. The van der Waals surface area contributed by atoms with Crippen molar-refractivity contribution in [2.24, 2.45) is 0 Å². The van der Waals surface area contributed by atoms with E-state index in [1.807, 2.05) is 39.0 Å². The molecule has 0 spiro atoms. The van der Waals surface area contributed by atoms with Gasteiger partial charge in [-0.1, -0.05) is 35.9 Å². The quantitative estimate of drug-likeness (QED) is 0.791. The Labute approximate surface area is 124 Å². The molecule has 106 valence electrons. The van der Waals surface area contributed by atoms with Gasteiger partial charge in [0.1, 0.15) is 0 Å². The number of anilines is 1. The molecule has 3 rings (SSSR count). The van der Waals surface area contributed by atoms with Crippen molar-refractivity contribution in [3.63, 3.8) is 0 Å². The minimum absolute atomic E-state index is 0.404. The first kappa shape index (κ1) is 13.6. The number of fused-ring (bicyclic) bond motifs is 1. The Morgan fingerprint density at radius 3 is 2.48 bits per heavy atom. The first-order valence-electron chi connectivity index (χ1n) is 7.01. The highest BCUT2D eigenvalue weighted by Crippen LogP contribution is 2.33. The molecule has 0 aromatic heterocycles. The predicted molar refractivity (Wildman–Crippen MR) is 82.6 cm³/mol. The highest BCUT2D eigenvalue weighted by atomic mass is 16.2. The number of nitrogens with zero attached hydrogens (tertiary/aromatic N) is 1. The molecule has 0 aliphatic carbocycles. The van der Waals surface area contributed by atoms with Crippen molar-refractivity contribution in [2.45, 2.75) is 27.3 Å². The van der Waals surface area contributed by atoms with Crippen molar-refractivity contribution in [1.29, 1.82) is 0 Å². The van der Waals surface area contributed by atoms with Crippen molar-refractivity contribution >= 4 is 17.4 Å². The number of amides is 1. The van der Waals surface area contributed by atoms with Crippen LogP contribution in [0.4, 0.5) is 5.69 Å². The number of para-hydroxylation sites is 1. The third kappa shape index (κ3) is 2.15. The van der Waals surface area contributed by atoms with Crippen LogP contribution in [0.5, 0.6) is 0 Å². The Morgan fingerprint density at radius 1 is 0.952 bits per heavy atom. The molecule has 0 N–H and O–H groups in total. The normalized spacial score (nSPS) is 13.8. The molecule has 2 aromatic rings. The van der Waals surface area contributed by atoms with E-state index in [-0.39, 0.29) is 0 Å². The lowest BCUT2D eigenvalue weighted by atomic mass is 10.0. The second-order valence-corrected chi connectivity index (χ2v) is 5.62. The molecule has 0 saturated heterocycles. The molecule has 0 atom stereocenters. The summed E-state index contributed by atoms with van der Waals surface area (Å²) in [7, 11) is 0. The van der Waals surface area contributed by atoms with Gasteiger partial charge in [0.05, 0.1) is 17.8 Å². The zero-order chi connectivity index (χ0) is 15.1. The average Bonchev–Trinajstić information content (AvgIpc) is 2.69. The van der Waals surface area contributed by atoms with E-state index in [9.17, 15) is 9.59 Å². The highest BCUT2D eigenvalue weighted by molar-refractivity contribution is 6.52. The molecule has 3 heteroatoms. The summed E-state index contributed by atoms with van der Waals surface area (Å²) in [6.07, 6.45) is 0. The molecule has 0 fully saturated rings. The van der Waals surface area contributed by atoms with Crippen LogP contribution in [0.1, 0.15) is 32.6 Å². The van der Waals surface area contributed by atoms with Gasteiger partial charge in [-0.05, 0) is 43.5 Å². The smallest absolute Gasteiger partial charge is 0.299 e. The van der Waals surface area contributed by atoms with E-state index in [2.05, 4.69) is 12.1 Å². The van der Waals surface area contributed by atoms with Gasteiger partial charge in [0.15, 0.2) is 0 Å². The molecule has 0 bridgehead atoms. The molecule has 0 radical (unpaired) electrons. The molecule has 21 heavy (non-hydrogen) atoms. The molecule has 3 nitrogen and oxygen atoms in total. The molecular formula is C18H17NO2. The zero-order valence-electron chi connectivity index (χ0n) is 12.4. The summed E-state index contributed by atoms with van der Waals surface area (Å²) in [5.41, 5.74) is 5.59. The number of hydrogen-bond donors (Lipinski definition) is 0. The van der Waals surface area contributed by atoms with Crippen LogP contribution in [0.25, 0.3) is 0 Å². The summed E-state index contributed by atoms with van der Waals surface area (Å²) in [5, 5.41) is 0. The van der Waals surface area contributed by atoms with Gasteiger partial charge in [-0.15, -0.1) is 0 Å². The van der Waals surface area contributed by atoms with Crippen LogP contribution in [-0.4, -0.2) is 11.7 Å². The molecular weight excluding hydrogens is 262 g/mol. The fourth-order valence-electron chi connectivity index (χ4n) is 2.83. The van der Waals surface area contributed by atoms with E-state index in [0.717, 1.165) is 27.9 Å². The van der Waals surface area contributed by atoms with Crippen molar-refractivity contribution in [1.82, 2.24) is 0 Å². The lowest BCUT2D eigenvalue weighted by molar-refractivity contribution is -0.114. The van der Waals surface area contributed by atoms with Gasteiger partial charge in [0.25, 0.3) is 11.7 Å². The lowest BCUT2D eigenvalue weighted by Gasteiger charge is -2.20. The maximum atomic E-state index is 12.3. The zero-order valence-corrected chi connectivity index (χ0v) is 12.4. The van der Waals surface area contributed by atoms with Crippen molar-refractivity contribution < 1.29 is 9.59 Å². The van der Waals surface area contributed by atoms with Crippen molar-refractivity contribution in [2.75, 3.05) is 4.90 Å². The fourth-order valence-corrected chi connectivity index (χ4v) is 2.83. The SMILES string of the molecule is Cc1ccc(C)c(CN2C(=O)C(=O)c3cccc(C)c32)c1. The Morgan fingerprint density at radius 2 is 1.71 bits per heavy atom. The number of carbonyl (C=O) groups is 2. The predicted octanol–water partition coefficient (Wildman–Crippen LogP) is 3.34. The number of carbonyl (C=O) groups excluding carboxylic acids is 2. The summed E-state index contributed by atoms with van der Waals surface area (Å²) in [6.45, 7) is 6.42. The first-order chi connectivity index (χ1) is 9.99. The number of benzene rings is 2. The Balaban J connectivity index is 2.06. The van der Waals surface area contributed by atoms with Gasteiger partial charge in [0.2, 0.25) is 0 Å². The second-order valence-electron chi connectivity index (χ2n) is 5.62. The molecule has 1 heterocycles. The van der Waals surface area contributed by atoms with Crippen LogP contribution in [0.15, 0.2) is 36.4 Å². The van der Waals surface area contributed by atoms with Gasteiger partial charge in [0, 0.05) is 0 Å². The molecule has 1 aliphatic rings. The van der Waals surface area contributed by atoms with Crippen LogP contribution in [-0.2, 0) is 11.3 Å². The second kappa shape index (κ2) is 4.85. The van der Waals surface area contributed by atoms with Gasteiger partial charge < -0.3 is 4.90 Å². The molecule has 0 saturated carbocycles. The molecule has 2 aromatic carbocycles. The van der Waals surface area contributed by atoms with E-state index >= 15 is 0 Å². The minimum Gasteiger partial charge on any atom is -0.300 e. The standard InChI is InChI=1S/C18H17NO2/c1-11-7-8-12(2)14(9-11)10-19-16-13(3)5-4-6-15(16)17(20)18(19)21/h4-9H,10H2,1-3H3. The monoisotopic (exact) mass is 279 g/mol. The fraction of sp³-hybridized carbons (Fsp3) is 0.222. The summed E-state index contributed by atoms with van der Waals surface area (Å²) in [6, 6.07) is 11.7. The van der Waals surface area contributed by atoms with Gasteiger partial charge >= 0.3 is 0 Å². The third-order valence-electron chi connectivity index (χ3n) is 4.02. The average molecular weight is 279 g/mol. The van der Waals surface area contributed by atoms with Crippen LogP contribution in [0.2, 0.25) is 0 Å².